The molecular formula is C21H26F2O6. The third-order valence-corrected chi connectivity index (χ3v) is 8.42. The van der Waals surface area contributed by atoms with Gasteiger partial charge in [-0.25, -0.2) is 8.78 Å². The lowest BCUT2D eigenvalue weighted by Gasteiger charge is -2.62. The van der Waals surface area contributed by atoms with Crippen LogP contribution in [-0.4, -0.2) is 68.2 Å². The summed E-state index contributed by atoms with van der Waals surface area (Å²) in [6.07, 6.45) is -2.21. The van der Waals surface area contributed by atoms with Gasteiger partial charge in [0.2, 0.25) is 0 Å². The fourth-order valence-corrected chi connectivity index (χ4v) is 6.84. The minimum absolute atomic E-state index is 0.0216. The summed E-state index contributed by atoms with van der Waals surface area (Å²) in [5.41, 5.74) is -7.76. The fraction of sp³-hybridized carbons (Fsp3) is 0.714. The Morgan fingerprint density at radius 2 is 1.86 bits per heavy atom. The van der Waals surface area contributed by atoms with E-state index < -0.39 is 70.5 Å². The molecule has 0 spiro atoms. The molecule has 0 aromatic carbocycles. The maximum absolute atomic E-state index is 16.8. The van der Waals surface area contributed by atoms with Crippen molar-refractivity contribution in [2.45, 2.75) is 62.8 Å². The zero-order valence-corrected chi connectivity index (χ0v) is 16.3. The minimum atomic E-state index is -2.37. The first-order valence-electron chi connectivity index (χ1n) is 9.88. The van der Waals surface area contributed by atoms with Gasteiger partial charge in [-0.1, -0.05) is 13.0 Å². The molecule has 4 aliphatic rings. The molecular weight excluding hydrogens is 386 g/mol. The minimum Gasteiger partial charge on any atom is -0.390 e. The zero-order chi connectivity index (χ0) is 21.6. The highest BCUT2D eigenvalue weighted by atomic mass is 19.1. The number of carbonyl (C=O) groups is 2. The fourth-order valence-electron chi connectivity index (χ4n) is 6.84. The van der Waals surface area contributed by atoms with Gasteiger partial charge in [0.25, 0.3) is 0 Å². The second-order valence-electron chi connectivity index (χ2n) is 9.46. The molecule has 4 aliphatic carbocycles. The Balaban J connectivity index is 1.87. The van der Waals surface area contributed by atoms with Crippen LogP contribution in [0.15, 0.2) is 23.8 Å². The summed E-state index contributed by atoms with van der Waals surface area (Å²) >= 11 is 0. The van der Waals surface area contributed by atoms with E-state index in [0.29, 0.717) is 0 Å². The van der Waals surface area contributed by atoms with Crippen LogP contribution in [0.5, 0.6) is 0 Å². The van der Waals surface area contributed by atoms with E-state index in [-0.39, 0.29) is 24.8 Å². The lowest BCUT2D eigenvalue weighted by molar-refractivity contribution is -0.226. The van der Waals surface area contributed by atoms with Crippen molar-refractivity contribution in [1.29, 1.82) is 0 Å². The monoisotopic (exact) mass is 412 g/mol. The molecule has 4 N–H and O–H groups in total. The van der Waals surface area contributed by atoms with E-state index >= 15 is 8.78 Å². The molecule has 0 aromatic heterocycles. The van der Waals surface area contributed by atoms with Crippen molar-refractivity contribution in [3.05, 3.63) is 23.8 Å². The van der Waals surface area contributed by atoms with Gasteiger partial charge in [0.05, 0.1) is 12.2 Å². The van der Waals surface area contributed by atoms with Gasteiger partial charge in [-0.2, -0.15) is 0 Å². The highest BCUT2D eigenvalue weighted by molar-refractivity contribution is 6.01. The first-order valence-corrected chi connectivity index (χ1v) is 9.88. The smallest absolute Gasteiger partial charge is 0.192 e. The Bertz CT molecular complexity index is 841. The number of hydrogen-bond donors (Lipinski definition) is 4. The van der Waals surface area contributed by atoms with Crippen molar-refractivity contribution in [2.75, 3.05) is 6.61 Å². The number of rotatable bonds is 2. The summed E-state index contributed by atoms with van der Waals surface area (Å²) in [5, 5.41) is 42.0. The van der Waals surface area contributed by atoms with Crippen LogP contribution in [0.3, 0.4) is 0 Å². The average Bonchev–Trinajstić information content (AvgIpc) is 2.86. The number of aliphatic hydroxyl groups is 4. The number of fused-ring (bicyclic) bond motifs is 5. The quantitative estimate of drug-likeness (QED) is 0.527. The third kappa shape index (κ3) is 2.18. The van der Waals surface area contributed by atoms with Crippen molar-refractivity contribution in [1.82, 2.24) is 0 Å². The van der Waals surface area contributed by atoms with Gasteiger partial charge in [0, 0.05) is 16.7 Å². The Morgan fingerprint density at radius 1 is 1.21 bits per heavy atom. The van der Waals surface area contributed by atoms with Gasteiger partial charge in [-0.3, -0.25) is 9.59 Å². The Hall–Kier alpha value is -1.48. The number of Topliss-reactive ketones (excluding diaryl/α,β-unsaturated/α-hetero) is 1. The molecule has 3 unspecified atom stereocenters. The number of allylic oxidation sites excluding steroid dienone is 4. The highest BCUT2D eigenvalue weighted by Crippen LogP contribution is 2.69. The summed E-state index contributed by atoms with van der Waals surface area (Å²) in [5.74, 6) is -3.37. The third-order valence-electron chi connectivity index (χ3n) is 8.42. The summed E-state index contributed by atoms with van der Waals surface area (Å²) in [6.45, 7) is 1.91. The molecule has 0 aliphatic heterocycles. The zero-order valence-electron chi connectivity index (χ0n) is 16.3. The number of aliphatic hydroxyl groups excluding tert-OH is 3. The highest BCUT2D eigenvalue weighted by Gasteiger charge is 2.77. The summed E-state index contributed by atoms with van der Waals surface area (Å²) in [7, 11) is 0. The Morgan fingerprint density at radius 3 is 2.48 bits per heavy atom. The molecule has 0 radical (unpaired) electrons. The van der Waals surface area contributed by atoms with Gasteiger partial charge >= 0.3 is 0 Å². The van der Waals surface area contributed by atoms with Crippen molar-refractivity contribution < 1.29 is 38.8 Å². The molecule has 0 aromatic rings. The van der Waals surface area contributed by atoms with Gasteiger partial charge in [0.15, 0.2) is 22.8 Å². The van der Waals surface area contributed by atoms with Crippen LogP contribution < -0.4 is 0 Å². The average molecular weight is 412 g/mol. The van der Waals surface area contributed by atoms with E-state index in [2.05, 4.69) is 0 Å². The summed E-state index contributed by atoms with van der Waals surface area (Å²) in [4.78, 5) is 24.2. The molecule has 6 nitrogen and oxygen atoms in total. The molecule has 0 saturated heterocycles. The Kier molecular flexibility index (Phi) is 4.32. The van der Waals surface area contributed by atoms with Crippen LogP contribution in [0.1, 0.15) is 33.1 Å². The predicted octanol–water partition coefficient (Wildman–Crippen LogP) is 0.568. The largest absolute Gasteiger partial charge is 0.390 e. The van der Waals surface area contributed by atoms with Crippen molar-refractivity contribution >= 4 is 11.6 Å². The molecule has 9 atom stereocenters. The van der Waals surface area contributed by atoms with Gasteiger partial charge in [-0.05, 0) is 49.8 Å². The second kappa shape index (κ2) is 6.03. The van der Waals surface area contributed by atoms with Gasteiger partial charge in [-0.15, -0.1) is 0 Å². The van der Waals surface area contributed by atoms with Crippen LogP contribution in [0.25, 0.3) is 0 Å². The van der Waals surface area contributed by atoms with E-state index in [9.17, 15) is 30.0 Å². The lowest BCUT2D eigenvalue weighted by atomic mass is 9.44. The van der Waals surface area contributed by atoms with Crippen LogP contribution in [0.2, 0.25) is 0 Å². The van der Waals surface area contributed by atoms with Crippen LogP contribution in [0.4, 0.5) is 8.78 Å². The van der Waals surface area contributed by atoms with Crippen LogP contribution in [-0.2, 0) is 9.59 Å². The second-order valence-corrected chi connectivity index (χ2v) is 9.46. The predicted molar refractivity (Wildman–Crippen MR) is 97.1 cm³/mol. The van der Waals surface area contributed by atoms with Crippen molar-refractivity contribution in [3.63, 3.8) is 0 Å². The van der Waals surface area contributed by atoms with Crippen molar-refractivity contribution in [2.24, 2.45) is 22.7 Å². The molecule has 3 saturated carbocycles. The van der Waals surface area contributed by atoms with Crippen LogP contribution in [0, 0.1) is 22.7 Å². The van der Waals surface area contributed by atoms with E-state index in [1.54, 1.807) is 0 Å². The number of ketones is 2. The number of carbonyl (C=O) groups excluding carboxylic acids is 2. The number of halogens is 2. The topological polar surface area (TPSA) is 115 Å². The normalized spacial score (nSPS) is 53.7. The van der Waals surface area contributed by atoms with Crippen LogP contribution >= 0.6 is 0 Å². The SMILES string of the molecule is CC12C[C@H](O)[C@@]3(F)C(C[C@H](F)C4=CC(=O)C=CC43C)[C@@H]1C[C@@H](O)[C@]2(O)C(=O)CO. The van der Waals surface area contributed by atoms with E-state index in [4.69, 9.17) is 0 Å². The molecule has 29 heavy (non-hydrogen) atoms. The molecule has 160 valence electrons. The van der Waals surface area contributed by atoms with Crippen molar-refractivity contribution in [3.8, 4) is 0 Å². The molecule has 0 heterocycles. The first kappa shape index (κ1) is 20.8. The molecule has 3 fully saturated rings. The van der Waals surface area contributed by atoms with E-state index in [1.165, 1.54) is 19.9 Å². The van der Waals surface area contributed by atoms with E-state index in [1.807, 2.05) is 0 Å². The maximum atomic E-state index is 16.8. The summed E-state index contributed by atoms with van der Waals surface area (Å²) < 4.78 is 32.0. The standard InChI is InChI=1S/C21H26F2O6/c1-18-4-3-10(25)5-13(18)14(22)6-12-11-7-15(26)21(29,17(28)9-24)19(11,2)8-16(27)20(12,18)23/h3-5,11-12,14-16,24,26-27,29H,6-9H2,1-2H3/t11-,12?,14-,15+,16-,18?,19?,20-,21-/m0/s1. The first-order chi connectivity index (χ1) is 13.4. The molecule has 0 amide bonds. The number of alkyl halides is 2. The molecule has 4 rings (SSSR count). The molecule has 8 heteroatoms. The molecule has 0 bridgehead atoms. The van der Waals surface area contributed by atoms with Gasteiger partial charge in [0.1, 0.15) is 12.8 Å². The summed E-state index contributed by atoms with van der Waals surface area (Å²) in [6, 6.07) is 0. The van der Waals surface area contributed by atoms with Gasteiger partial charge < -0.3 is 20.4 Å². The maximum Gasteiger partial charge on any atom is 0.192 e. The number of hydrogen-bond acceptors (Lipinski definition) is 6. The van der Waals surface area contributed by atoms with E-state index in [0.717, 1.165) is 12.2 Å². The lowest BCUT2D eigenvalue weighted by Crippen LogP contribution is -2.70. The Labute approximate surface area is 166 Å².